The number of carbonyl (C=O) groups excluding carboxylic acids is 1. The van der Waals surface area contributed by atoms with Crippen LogP contribution in [0.5, 0.6) is 0 Å². The number of nitrogens with one attached hydrogen (secondary N) is 1. The molecule has 0 aliphatic carbocycles. The normalized spacial score (nSPS) is 12.3. The second kappa shape index (κ2) is 6.08. The number of rotatable bonds is 5. The Kier molecular flexibility index (Phi) is 4.46. The molecule has 96 valence electrons. The van der Waals surface area contributed by atoms with Gasteiger partial charge in [0.15, 0.2) is 0 Å². The lowest BCUT2D eigenvalue weighted by Gasteiger charge is -2.09. The fraction of sp³-hybridized carbons (Fsp3) is 0.333. The second-order valence-electron chi connectivity index (χ2n) is 3.92. The number of hydrogen-bond acceptors (Lipinski definition) is 5. The van der Waals surface area contributed by atoms with Gasteiger partial charge in [0, 0.05) is 28.9 Å². The van der Waals surface area contributed by atoms with E-state index in [2.05, 4.69) is 10.3 Å². The molecule has 18 heavy (non-hydrogen) atoms. The summed E-state index contributed by atoms with van der Waals surface area (Å²) in [6.45, 7) is 2.54. The molecular formula is C12H15N3OS2. The molecule has 0 saturated heterocycles. The van der Waals surface area contributed by atoms with Crippen molar-refractivity contribution in [1.82, 2.24) is 10.3 Å². The molecule has 0 saturated carbocycles. The number of thiophene rings is 1. The van der Waals surface area contributed by atoms with E-state index < -0.39 is 6.04 Å². The van der Waals surface area contributed by atoms with Gasteiger partial charge in [-0.05, 0) is 18.4 Å². The van der Waals surface area contributed by atoms with Crippen molar-refractivity contribution >= 4 is 28.6 Å². The molecule has 0 spiro atoms. The minimum Gasteiger partial charge on any atom is -0.354 e. The van der Waals surface area contributed by atoms with Crippen LogP contribution in [0, 0.1) is 6.92 Å². The number of amides is 1. The number of nitrogens with zero attached hydrogens (tertiary/aromatic N) is 1. The molecule has 6 heteroatoms. The highest BCUT2D eigenvalue weighted by Gasteiger charge is 2.15. The SMILES string of the molecule is Cc1csc(CCNC(=O)C(N)c2cccs2)n1. The molecule has 2 heterocycles. The Morgan fingerprint density at radius 2 is 2.39 bits per heavy atom. The Balaban J connectivity index is 1.78. The fourth-order valence-corrected chi connectivity index (χ4v) is 3.02. The first-order valence-electron chi connectivity index (χ1n) is 5.64. The number of carbonyl (C=O) groups is 1. The van der Waals surface area contributed by atoms with Crippen molar-refractivity contribution in [1.29, 1.82) is 0 Å². The fourth-order valence-electron chi connectivity index (χ4n) is 1.52. The largest absolute Gasteiger partial charge is 0.354 e. The summed E-state index contributed by atoms with van der Waals surface area (Å²) in [4.78, 5) is 17.0. The van der Waals surface area contributed by atoms with Gasteiger partial charge in [-0.2, -0.15) is 0 Å². The number of thiazole rings is 1. The predicted molar refractivity (Wildman–Crippen MR) is 74.8 cm³/mol. The Morgan fingerprint density at radius 1 is 1.56 bits per heavy atom. The lowest BCUT2D eigenvalue weighted by molar-refractivity contribution is -0.122. The van der Waals surface area contributed by atoms with E-state index >= 15 is 0 Å². The van der Waals surface area contributed by atoms with E-state index in [-0.39, 0.29) is 5.91 Å². The van der Waals surface area contributed by atoms with Crippen molar-refractivity contribution in [3.8, 4) is 0 Å². The molecule has 0 bridgehead atoms. The molecule has 4 nitrogen and oxygen atoms in total. The molecule has 0 fully saturated rings. The lowest BCUT2D eigenvalue weighted by atomic mass is 10.2. The van der Waals surface area contributed by atoms with Gasteiger partial charge >= 0.3 is 0 Å². The van der Waals surface area contributed by atoms with Crippen LogP contribution in [0.15, 0.2) is 22.9 Å². The van der Waals surface area contributed by atoms with Gasteiger partial charge in [-0.3, -0.25) is 4.79 Å². The lowest BCUT2D eigenvalue weighted by Crippen LogP contribution is -2.34. The first-order valence-corrected chi connectivity index (χ1v) is 7.40. The van der Waals surface area contributed by atoms with Gasteiger partial charge in [0.1, 0.15) is 6.04 Å². The summed E-state index contributed by atoms with van der Waals surface area (Å²) in [5.41, 5.74) is 6.88. The first-order chi connectivity index (χ1) is 8.66. The van der Waals surface area contributed by atoms with Crippen LogP contribution in [-0.2, 0) is 11.2 Å². The van der Waals surface area contributed by atoms with E-state index in [1.54, 1.807) is 11.3 Å². The third kappa shape index (κ3) is 3.38. The molecule has 1 amide bonds. The molecule has 1 atom stereocenters. The molecule has 0 aliphatic heterocycles. The van der Waals surface area contributed by atoms with Crippen LogP contribution < -0.4 is 11.1 Å². The molecule has 2 aromatic heterocycles. The summed E-state index contributed by atoms with van der Waals surface area (Å²) in [7, 11) is 0. The first kappa shape index (κ1) is 13.2. The zero-order valence-corrected chi connectivity index (χ0v) is 11.7. The smallest absolute Gasteiger partial charge is 0.242 e. The van der Waals surface area contributed by atoms with E-state index in [1.807, 2.05) is 29.8 Å². The monoisotopic (exact) mass is 281 g/mol. The van der Waals surface area contributed by atoms with Crippen LogP contribution >= 0.6 is 22.7 Å². The van der Waals surface area contributed by atoms with Gasteiger partial charge in [0.25, 0.3) is 0 Å². The summed E-state index contributed by atoms with van der Waals surface area (Å²) in [6, 6.07) is 3.20. The topological polar surface area (TPSA) is 68.0 Å². The molecule has 0 aliphatic rings. The average Bonchev–Trinajstić information content (AvgIpc) is 2.99. The van der Waals surface area contributed by atoms with Crippen LogP contribution in [-0.4, -0.2) is 17.4 Å². The number of nitrogens with two attached hydrogens (primary N) is 1. The predicted octanol–water partition coefficient (Wildman–Crippen LogP) is 1.87. The minimum atomic E-state index is -0.567. The highest BCUT2D eigenvalue weighted by Crippen LogP contribution is 2.16. The number of aryl methyl sites for hydroxylation is 1. The average molecular weight is 281 g/mol. The van der Waals surface area contributed by atoms with E-state index in [0.29, 0.717) is 6.54 Å². The van der Waals surface area contributed by atoms with E-state index in [9.17, 15) is 4.79 Å². The maximum Gasteiger partial charge on any atom is 0.242 e. The minimum absolute atomic E-state index is 0.134. The second-order valence-corrected chi connectivity index (χ2v) is 5.84. The van der Waals surface area contributed by atoms with Gasteiger partial charge in [0.05, 0.1) is 5.01 Å². The molecule has 0 aromatic carbocycles. The third-order valence-corrected chi connectivity index (χ3v) is 4.42. The Labute approximate surface area is 114 Å². The zero-order valence-electron chi connectivity index (χ0n) is 10.1. The Bertz CT molecular complexity index is 507. The van der Waals surface area contributed by atoms with Crippen LogP contribution in [0.4, 0.5) is 0 Å². The molecule has 2 aromatic rings. The van der Waals surface area contributed by atoms with Crippen molar-refractivity contribution < 1.29 is 4.79 Å². The summed E-state index contributed by atoms with van der Waals surface area (Å²) in [5.74, 6) is -0.134. The maximum atomic E-state index is 11.8. The zero-order chi connectivity index (χ0) is 13.0. The van der Waals surface area contributed by atoms with Gasteiger partial charge in [-0.25, -0.2) is 4.98 Å². The summed E-state index contributed by atoms with van der Waals surface area (Å²) < 4.78 is 0. The van der Waals surface area contributed by atoms with Gasteiger partial charge in [-0.15, -0.1) is 22.7 Å². The molecule has 1 unspecified atom stereocenters. The summed E-state index contributed by atoms with van der Waals surface area (Å²) >= 11 is 3.11. The maximum absolute atomic E-state index is 11.8. The summed E-state index contributed by atoms with van der Waals surface area (Å²) in [6.07, 6.45) is 0.751. The van der Waals surface area contributed by atoms with Crippen molar-refractivity contribution in [2.24, 2.45) is 5.73 Å². The Hall–Kier alpha value is -1.24. The van der Waals surface area contributed by atoms with Crippen LogP contribution in [0.2, 0.25) is 0 Å². The summed E-state index contributed by atoms with van der Waals surface area (Å²) in [5, 5.41) is 7.80. The van der Waals surface area contributed by atoms with Gasteiger partial charge < -0.3 is 11.1 Å². The van der Waals surface area contributed by atoms with E-state index in [0.717, 1.165) is 22.0 Å². The van der Waals surface area contributed by atoms with Crippen LogP contribution in [0.3, 0.4) is 0 Å². The standard InChI is InChI=1S/C12H15N3OS2/c1-8-7-18-10(15-8)4-5-14-12(16)11(13)9-3-2-6-17-9/h2-3,6-7,11H,4-5,13H2,1H3,(H,14,16). The van der Waals surface area contributed by atoms with Gasteiger partial charge in [0.2, 0.25) is 5.91 Å². The molecular weight excluding hydrogens is 266 g/mol. The van der Waals surface area contributed by atoms with Crippen molar-refractivity contribution in [2.45, 2.75) is 19.4 Å². The Morgan fingerprint density at radius 3 is 3.00 bits per heavy atom. The van der Waals surface area contributed by atoms with Crippen LogP contribution in [0.1, 0.15) is 21.6 Å². The number of hydrogen-bond donors (Lipinski definition) is 2. The molecule has 2 rings (SSSR count). The molecule has 3 N–H and O–H groups in total. The third-order valence-electron chi connectivity index (χ3n) is 2.44. The highest BCUT2D eigenvalue weighted by atomic mass is 32.1. The number of aromatic nitrogens is 1. The van der Waals surface area contributed by atoms with E-state index in [4.69, 9.17) is 5.73 Å². The van der Waals surface area contributed by atoms with Crippen LogP contribution in [0.25, 0.3) is 0 Å². The molecule has 0 radical (unpaired) electrons. The highest BCUT2D eigenvalue weighted by molar-refractivity contribution is 7.10. The van der Waals surface area contributed by atoms with Crippen molar-refractivity contribution in [2.75, 3.05) is 6.54 Å². The van der Waals surface area contributed by atoms with Gasteiger partial charge in [-0.1, -0.05) is 6.07 Å². The van der Waals surface area contributed by atoms with Crippen molar-refractivity contribution in [3.63, 3.8) is 0 Å². The quantitative estimate of drug-likeness (QED) is 0.879. The van der Waals surface area contributed by atoms with E-state index in [1.165, 1.54) is 11.3 Å². The van der Waals surface area contributed by atoms with Crippen molar-refractivity contribution in [3.05, 3.63) is 38.5 Å².